The van der Waals surface area contributed by atoms with Crippen LogP contribution in [-0.2, 0) is 12.8 Å². The molecule has 5 heteroatoms. The van der Waals surface area contributed by atoms with E-state index < -0.39 is 0 Å². The summed E-state index contributed by atoms with van der Waals surface area (Å²) in [4.78, 5) is 17.4. The number of hydrogen-bond acceptors (Lipinski definition) is 3. The van der Waals surface area contributed by atoms with E-state index in [2.05, 4.69) is 15.4 Å². The van der Waals surface area contributed by atoms with E-state index in [-0.39, 0.29) is 5.91 Å². The van der Waals surface area contributed by atoms with Gasteiger partial charge in [0.2, 0.25) is 0 Å². The normalized spacial score (nSPS) is 19.7. The van der Waals surface area contributed by atoms with Crippen LogP contribution >= 0.6 is 0 Å². The monoisotopic (exact) mass is 340 g/mol. The fraction of sp³-hybridized carbons (Fsp3) is 0.650. The van der Waals surface area contributed by atoms with Crippen LogP contribution in [0.25, 0.3) is 5.65 Å². The fourth-order valence-corrected chi connectivity index (χ4v) is 4.30. The lowest BCUT2D eigenvalue weighted by atomic mass is 9.98. The Hall–Kier alpha value is -1.91. The highest BCUT2D eigenvalue weighted by atomic mass is 16.1. The molecule has 2 heterocycles. The number of carbonyl (C=O) groups is 1. The molecule has 25 heavy (non-hydrogen) atoms. The van der Waals surface area contributed by atoms with Crippen LogP contribution in [0.2, 0.25) is 0 Å². The lowest BCUT2D eigenvalue weighted by Gasteiger charge is -2.16. The van der Waals surface area contributed by atoms with E-state index in [0.29, 0.717) is 17.3 Å². The lowest BCUT2D eigenvalue weighted by Crippen LogP contribution is -2.34. The first-order valence-electron chi connectivity index (χ1n) is 9.98. The van der Waals surface area contributed by atoms with Crippen molar-refractivity contribution in [3.63, 3.8) is 0 Å². The zero-order chi connectivity index (χ0) is 17.1. The summed E-state index contributed by atoms with van der Waals surface area (Å²) in [7, 11) is 0. The van der Waals surface area contributed by atoms with Gasteiger partial charge in [-0.1, -0.05) is 38.5 Å². The largest absolute Gasteiger partial charge is 0.349 e. The summed E-state index contributed by atoms with van der Waals surface area (Å²) in [6.45, 7) is 0. The maximum Gasteiger partial charge on any atom is 0.256 e. The van der Waals surface area contributed by atoms with Gasteiger partial charge in [0.05, 0.1) is 6.20 Å². The zero-order valence-electron chi connectivity index (χ0n) is 15.0. The predicted molar refractivity (Wildman–Crippen MR) is 97.8 cm³/mol. The number of amides is 1. The molecule has 2 aromatic rings. The number of aromatic nitrogens is 3. The molecule has 0 bridgehead atoms. The maximum absolute atomic E-state index is 12.8. The molecule has 1 amide bonds. The number of fused-ring (bicyclic) bond motifs is 3. The second-order valence-electron chi connectivity index (χ2n) is 7.60. The van der Waals surface area contributed by atoms with Crippen molar-refractivity contribution < 1.29 is 4.79 Å². The van der Waals surface area contributed by atoms with Gasteiger partial charge in [-0.25, -0.2) is 9.50 Å². The number of nitrogens with zero attached hydrogens (tertiary/aromatic N) is 3. The zero-order valence-corrected chi connectivity index (χ0v) is 15.0. The maximum atomic E-state index is 12.8. The van der Waals surface area contributed by atoms with Crippen molar-refractivity contribution in [3.05, 3.63) is 29.2 Å². The molecule has 2 aliphatic carbocycles. The molecule has 134 valence electrons. The molecular weight excluding hydrogens is 312 g/mol. The molecule has 0 unspecified atom stereocenters. The first-order chi connectivity index (χ1) is 12.3. The minimum absolute atomic E-state index is 0.0137. The summed E-state index contributed by atoms with van der Waals surface area (Å²) >= 11 is 0. The summed E-state index contributed by atoms with van der Waals surface area (Å²) < 4.78 is 1.92. The van der Waals surface area contributed by atoms with Crippen LogP contribution in [0.5, 0.6) is 0 Å². The Balaban J connectivity index is 1.59. The summed E-state index contributed by atoms with van der Waals surface area (Å²) in [6, 6.07) is 0.300. The van der Waals surface area contributed by atoms with Crippen molar-refractivity contribution in [1.29, 1.82) is 0 Å². The highest BCUT2D eigenvalue weighted by Gasteiger charge is 2.21. The van der Waals surface area contributed by atoms with Crippen LogP contribution < -0.4 is 5.32 Å². The Labute approximate surface area is 149 Å². The lowest BCUT2D eigenvalue weighted by molar-refractivity contribution is 0.0935. The van der Waals surface area contributed by atoms with Gasteiger partial charge >= 0.3 is 0 Å². The average Bonchev–Trinajstić information content (AvgIpc) is 2.85. The molecule has 4 rings (SSSR count). The Morgan fingerprint density at radius 2 is 1.68 bits per heavy atom. The molecule has 0 aliphatic heterocycles. The molecule has 0 atom stereocenters. The van der Waals surface area contributed by atoms with Crippen LogP contribution in [-0.4, -0.2) is 26.5 Å². The number of nitrogens with one attached hydrogen (secondary N) is 1. The van der Waals surface area contributed by atoms with E-state index in [1.807, 2.05) is 10.7 Å². The summed E-state index contributed by atoms with van der Waals surface area (Å²) in [5.74, 6) is -0.0137. The van der Waals surface area contributed by atoms with Crippen molar-refractivity contribution in [2.75, 3.05) is 0 Å². The Bertz CT molecular complexity index is 743. The molecular formula is C20H28N4O. The topological polar surface area (TPSA) is 59.3 Å². The van der Waals surface area contributed by atoms with Gasteiger partial charge in [0.25, 0.3) is 5.91 Å². The van der Waals surface area contributed by atoms with E-state index in [1.54, 1.807) is 6.20 Å². The van der Waals surface area contributed by atoms with Crippen LogP contribution in [0.4, 0.5) is 0 Å². The minimum Gasteiger partial charge on any atom is -0.349 e. The second kappa shape index (κ2) is 7.54. The molecule has 0 saturated heterocycles. The first kappa shape index (κ1) is 16.6. The van der Waals surface area contributed by atoms with Crippen LogP contribution in [0.1, 0.15) is 85.8 Å². The van der Waals surface area contributed by atoms with Crippen LogP contribution in [0.3, 0.4) is 0 Å². The Morgan fingerprint density at radius 1 is 0.960 bits per heavy atom. The van der Waals surface area contributed by atoms with Crippen molar-refractivity contribution in [2.24, 2.45) is 0 Å². The number of carbonyl (C=O) groups excluding carboxylic acids is 1. The van der Waals surface area contributed by atoms with Crippen molar-refractivity contribution >= 4 is 11.6 Å². The second-order valence-corrected chi connectivity index (χ2v) is 7.60. The molecule has 0 aromatic carbocycles. The molecule has 0 spiro atoms. The molecule has 2 aromatic heterocycles. The predicted octanol–water partition coefficient (Wildman–Crippen LogP) is 3.84. The summed E-state index contributed by atoms with van der Waals surface area (Å²) in [6.07, 6.45) is 17.9. The van der Waals surface area contributed by atoms with Crippen molar-refractivity contribution in [2.45, 2.75) is 83.1 Å². The Morgan fingerprint density at radius 3 is 2.48 bits per heavy atom. The number of rotatable bonds is 2. The molecule has 2 aliphatic rings. The quantitative estimate of drug-likeness (QED) is 0.845. The molecule has 1 saturated carbocycles. The third-order valence-corrected chi connectivity index (χ3v) is 5.76. The molecule has 5 nitrogen and oxygen atoms in total. The van der Waals surface area contributed by atoms with Gasteiger partial charge < -0.3 is 5.32 Å². The molecule has 1 N–H and O–H groups in total. The first-order valence-corrected chi connectivity index (χ1v) is 9.98. The van der Waals surface area contributed by atoms with Gasteiger partial charge in [-0.05, 0) is 44.1 Å². The van der Waals surface area contributed by atoms with Gasteiger partial charge in [-0.3, -0.25) is 4.79 Å². The number of hydrogen-bond donors (Lipinski definition) is 1. The van der Waals surface area contributed by atoms with Gasteiger partial charge in [0.1, 0.15) is 5.56 Å². The SMILES string of the molecule is O=C(NC1CCCCCC1)c1cnn2c3c(cnc12)CCCCCC3. The van der Waals surface area contributed by atoms with Gasteiger partial charge in [-0.2, -0.15) is 5.10 Å². The molecule has 0 radical (unpaired) electrons. The van der Waals surface area contributed by atoms with Crippen molar-refractivity contribution in [3.8, 4) is 0 Å². The van der Waals surface area contributed by atoms with Crippen LogP contribution in [0.15, 0.2) is 12.4 Å². The summed E-state index contributed by atoms with van der Waals surface area (Å²) in [5, 5.41) is 7.75. The highest BCUT2D eigenvalue weighted by molar-refractivity contribution is 5.99. The Kier molecular flexibility index (Phi) is 4.99. The van der Waals surface area contributed by atoms with E-state index >= 15 is 0 Å². The van der Waals surface area contributed by atoms with E-state index in [4.69, 9.17) is 0 Å². The summed E-state index contributed by atoms with van der Waals surface area (Å²) in [5.41, 5.74) is 3.88. The van der Waals surface area contributed by atoms with Gasteiger partial charge in [0, 0.05) is 17.9 Å². The fourth-order valence-electron chi connectivity index (χ4n) is 4.30. The minimum atomic E-state index is -0.0137. The van der Waals surface area contributed by atoms with Crippen molar-refractivity contribution in [1.82, 2.24) is 19.9 Å². The van der Waals surface area contributed by atoms with Crippen LogP contribution in [0, 0.1) is 0 Å². The third kappa shape index (κ3) is 3.55. The number of aryl methyl sites for hydroxylation is 2. The highest BCUT2D eigenvalue weighted by Crippen LogP contribution is 2.22. The van der Waals surface area contributed by atoms with E-state index in [1.165, 1.54) is 62.6 Å². The average molecular weight is 340 g/mol. The smallest absolute Gasteiger partial charge is 0.256 e. The van der Waals surface area contributed by atoms with E-state index in [0.717, 1.165) is 25.7 Å². The van der Waals surface area contributed by atoms with Gasteiger partial charge in [0.15, 0.2) is 5.65 Å². The molecule has 1 fully saturated rings. The third-order valence-electron chi connectivity index (χ3n) is 5.76. The standard InChI is InChI=1S/C20H28N4O/c25-20(23-16-10-6-2-3-7-11-16)17-14-22-24-18-12-8-4-1-5-9-15(18)13-21-19(17)24/h13-14,16H,1-12H2,(H,23,25). The van der Waals surface area contributed by atoms with E-state index in [9.17, 15) is 4.79 Å². The van der Waals surface area contributed by atoms with Gasteiger partial charge in [-0.15, -0.1) is 0 Å².